The van der Waals surface area contributed by atoms with Gasteiger partial charge in [-0.05, 0) is 21.2 Å². The maximum Gasteiger partial charge on any atom is 2.00 e. The van der Waals surface area contributed by atoms with E-state index in [2.05, 4.69) is 158 Å². The molecule has 4 aromatic rings. The molecule has 6 heteroatoms. The van der Waals surface area contributed by atoms with Gasteiger partial charge in [-0.15, -0.1) is 0 Å². The molecule has 0 aliphatic heterocycles. The number of allylic oxidation sites excluding steroid dienone is 8. The summed E-state index contributed by atoms with van der Waals surface area (Å²) in [5, 5.41) is 5.65. The summed E-state index contributed by atoms with van der Waals surface area (Å²) in [4.78, 5) is 0. The third-order valence-corrected chi connectivity index (χ3v) is 11.2. The second-order valence-corrected chi connectivity index (χ2v) is 15.5. The third-order valence-electron chi connectivity index (χ3n) is 6.01. The van der Waals surface area contributed by atoms with Crippen LogP contribution in [0.15, 0.2) is 158 Å². The first-order chi connectivity index (χ1) is 19.3. The van der Waals surface area contributed by atoms with E-state index in [1.807, 2.05) is 12.2 Å². The molecule has 4 aromatic carbocycles. The van der Waals surface area contributed by atoms with Crippen molar-refractivity contribution in [1.29, 1.82) is 0 Å². The standard InChI is InChI=1S/2C17H14P.2ClH.Fe.Pd/c2*1-3-9-15(10-4-1)18(17-13-7-8-14-17)16-11-5-2-6-12-16;;;;/h2*1-13,17H;2*1H;;/q2*-1;;;2*+2/p-2. The number of hydrogen-bond donors (Lipinski definition) is 0. The fraction of sp³-hybridized carbons (Fsp3) is 0.0588. The second-order valence-electron chi connectivity index (χ2n) is 8.45. The zero-order valence-corrected chi connectivity index (χ0v) is 27.4. The van der Waals surface area contributed by atoms with Gasteiger partial charge in [0.25, 0.3) is 0 Å². The molecule has 206 valence electrons. The van der Waals surface area contributed by atoms with Crippen molar-refractivity contribution in [2.75, 3.05) is 0 Å². The second kappa shape index (κ2) is 18.8. The number of rotatable bonds is 6. The van der Waals surface area contributed by atoms with Crippen molar-refractivity contribution in [2.24, 2.45) is 0 Å². The van der Waals surface area contributed by atoms with E-state index < -0.39 is 0 Å². The Labute approximate surface area is 268 Å². The number of hydrogen-bond acceptors (Lipinski definition) is 0. The minimum Gasteiger partial charge on any atom is 2.00 e. The Balaban J connectivity index is 0.000000197. The van der Waals surface area contributed by atoms with Gasteiger partial charge in [0, 0.05) is 0 Å². The van der Waals surface area contributed by atoms with Crippen LogP contribution in [0.3, 0.4) is 0 Å². The Bertz CT molecular complexity index is 1150. The van der Waals surface area contributed by atoms with E-state index in [0.29, 0.717) is 11.3 Å². The van der Waals surface area contributed by atoms with Crippen LogP contribution >= 0.6 is 34.9 Å². The Morgan fingerprint density at radius 2 is 0.725 bits per heavy atom. The molecule has 0 heterocycles. The summed E-state index contributed by atoms with van der Waals surface area (Å²) in [5.74, 6) is 0. The van der Waals surface area contributed by atoms with Crippen LogP contribution in [0.1, 0.15) is 0 Å². The molecule has 6 rings (SSSR count). The van der Waals surface area contributed by atoms with Gasteiger partial charge in [-0.3, -0.25) is 12.2 Å². The van der Waals surface area contributed by atoms with Crippen molar-refractivity contribution in [3.05, 3.63) is 170 Å². The molecule has 0 saturated heterocycles. The van der Waals surface area contributed by atoms with Gasteiger partial charge in [0.2, 0.25) is 0 Å². The largest absolute Gasteiger partial charge is 2.00 e. The summed E-state index contributed by atoms with van der Waals surface area (Å²) in [6.07, 6.45) is 19.7. The SMILES string of the molecule is [C-]1=CC=CC1P(c1ccccc1)c1ccccc1.[C-]1=CC=CC1P(c1ccccc1)c1ccccc1.[Cl][Pd][Cl].[Fe+2]. The van der Waals surface area contributed by atoms with Crippen LogP contribution in [0.5, 0.6) is 0 Å². The number of benzene rings is 4. The van der Waals surface area contributed by atoms with Gasteiger partial charge < -0.3 is 0 Å². The van der Waals surface area contributed by atoms with Crippen molar-refractivity contribution in [2.45, 2.75) is 11.3 Å². The van der Waals surface area contributed by atoms with Crippen LogP contribution in [0.25, 0.3) is 0 Å². The molecule has 2 aliphatic rings. The Hall–Kier alpha value is -1.54. The molecule has 0 amide bonds. The molecule has 0 nitrogen and oxygen atoms in total. The monoisotopic (exact) mass is 730 g/mol. The van der Waals surface area contributed by atoms with Crippen molar-refractivity contribution in [3.63, 3.8) is 0 Å². The fourth-order valence-corrected chi connectivity index (χ4v) is 9.22. The first-order valence-electron chi connectivity index (χ1n) is 12.4. The normalized spacial score (nSPS) is 16.3. The summed E-state index contributed by atoms with van der Waals surface area (Å²) in [6.45, 7) is 0. The molecular weight excluding hydrogens is 703 g/mol. The first-order valence-corrected chi connectivity index (χ1v) is 19.3. The number of halogens is 2. The average Bonchev–Trinajstić information content (AvgIpc) is 3.72. The van der Waals surface area contributed by atoms with Gasteiger partial charge in [0.05, 0.1) is 0 Å². The van der Waals surface area contributed by atoms with Gasteiger partial charge in [-0.25, -0.2) is 24.3 Å². The molecule has 0 bridgehead atoms. The molecule has 2 unspecified atom stereocenters. The smallest absolute Gasteiger partial charge is 2.00 e. The van der Waals surface area contributed by atoms with Crippen molar-refractivity contribution in [3.8, 4) is 0 Å². The topological polar surface area (TPSA) is 0 Å². The molecule has 0 N–H and O–H groups in total. The average molecular weight is 732 g/mol. The Morgan fingerprint density at radius 1 is 0.475 bits per heavy atom. The third kappa shape index (κ3) is 9.78. The molecule has 0 saturated carbocycles. The zero-order chi connectivity index (χ0) is 27.1. The molecule has 0 fully saturated rings. The summed E-state index contributed by atoms with van der Waals surface area (Å²) >= 11 is -0.106. The van der Waals surface area contributed by atoms with Crippen LogP contribution in [0.4, 0.5) is 0 Å². The molecule has 0 spiro atoms. The summed E-state index contributed by atoms with van der Waals surface area (Å²) < 4.78 is 0. The molecule has 40 heavy (non-hydrogen) atoms. The Kier molecular flexibility index (Phi) is 15.5. The summed E-state index contributed by atoms with van der Waals surface area (Å²) in [6, 6.07) is 43.1. The molecule has 0 aromatic heterocycles. The Morgan fingerprint density at radius 3 is 0.925 bits per heavy atom. The molecule has 0 radical (unpaired) electrons. The van der Waals surface area contributed by atoms with Crippen molar-refractivity contribution in [1.82, 2.24) is 0 Å². The van der Waals surface area contributed by atoms with E-state index in [-0.39, 0.29) is 48.9 Å². The van der Waals surface area contributed by atoms with E-state index in [0.717, 1.165) is 0 Å². The van der Waals surface area contributed by atoms with Crippen LogP contribution in [0.2, 0.25) is 0 Å². The van der Waals surface area contributed by atoms with E-state index >= 15 is 0 Å². The van der Waals surface area contributed by atoms with Gasteiger partial charge in [-0.1, -0.05) is 148 Å². The predicted molar refractivity (Wildman–Crippen MR) is 171 cm³/mol. The van der Waals surface area contributed by atoms with Gasteiger partial charge >= 0.3 is 52.1 Å². The first kappa shape index (κ1) is 33.0. The summed E-state index contributed by atoms with van der Waals surface area (Å²) in [5.41, 5.74) is 0.814. The minimum absolute atomic E-state index is 0. The predicted octanol–water partition coefficient (Wildman–Crippen LogP) is 8.21. The van der Waals surface area contributed by atoms with E-state index in [9.17, 15) is 0 Å². The van der Waals surface area contributed by atoms with Crippen LogP contribution in [0, 0.1) is 12.2 Å². The minimum atomic E-state index is -0.381. The van der Waals surface area contributed by atoms with Gasteiger partial charge in [-0.2, -0.15) is 12.2 Å². The molecule has 2 aliphatic carbocycles. The maximum absolute atomic E-state index is 4.81. The van der Waals surface area contributed by atoms with Crippen LogP contribution in [-0.2, 0) is 33.0 Å². The zero-order valence-electron chi connectivity index (χ0n) is 21.5. The molecule has 2 atom stereocenters. The van der Waals surface area contributed by atoms with Crippen molar-refractivity contribution < 1.29 is 33.0 Å². The molecular formula is C34H28Cl2FeP2Pd. The quantitative estimate of drug-likeness (QED) is 0.107. The van der Waals surface area contributed by atoms with Crippen LogP contribution < -0.4 is 21.2 Å². The van der Waals surface area contributed by atoms with Crippen LogP contribution in [-0.4, -0.2) is 11.3 Å². The van der Waals surface area contributed by atoms with Crippen molar-refractivity contribution >= 4 is 56.1 Å². The van der Waals surface area contributed by atoms with E-state index in [1.165, 1.54) is 21.2 Å². The van der Waals surface area contributed by atoms with E-state index in [1.54, 1.807) is 0 Å². The van der Waals surface area contributed by atoms with Gasteiger partial charge in [0.15, 0.2) is 0 Å². The fourth-order valence-electron chi connectivity index (χ4n) is 4.36. The van der Waals surface area contributed by atoms with E-state index in [4.69, 9.17) is 19.1 Å². The van der Waals surface area contributed by atoms with Gasteiger partial charge in [0.1, 0.15) is 0 Å². The maximum atomic E-state index is 4.81. The summed E-state index contributed by atoms with van der Waals surface area (Å²) in [7, 11) is 8.87.